The van der Waals surface area contributed by atoms with Crippen LogP contribution in [0.25, 0.3) is 0 Å². The summed E-state index contributed by atoms with van der Waals surface area (Å²) in [5.74, 6) is 0. The van der Waals surface area contributed by atoms with Crippen LogP contribution in [0.15, 0.2) is 0 Å². The third kappa shape index (κ3) is 3.87. The molecule has 0 aliphatic carbocycles. The molecule has 154 valence electrons. The molecule has 0 bridgehead atoms. The molecule has 0 spiro atoms. The summed E-state index contributed by atoms with van der Waals surface area (Å²) < 4.78 is 15.7. The van der Waals surface area contributed by atoms with E-state index in [4.69, 9.17) is 19.0 Å². The van der Waals surface area contributed by atoms with Gasteiger partial charge in [-0.1, -0.05) is 0 Å². The van der Waals surface area contributed by atoms with Gasteiger partial charge in [0.2, 0.25) is 0 Å². The van der Waals surface area contributed by atoms with Gasteiger partial charge >= 0.3 is 0 Å². The lowest BCUT2D eigenvalue weighted by Crippen LogP contribution is -2.70. The van der Waals surface area contributed by atoms with Crippen molar-refractivity contribution in [2.75, 3.05) is 27.4 Å². The van der Waals surface area contributed by atoms with Gasteiger partial charge in [0.25, 0.3) is 0 Å². The van der Waals surface area contributed by atoms with E-state index in [2.05, 4.69) is 0 Å². The van der Waals surface area contributed by atoms with Crippen LogP contribution in [0.4, 0.5) is 0 Å². The van der Waals surface area contributed by atoms with Gasteiger partial charge in [-0.3, -0.25) is 4.84 Å². The van der Waals surface area contributed by atoms with Crippen molar-refractivity contribution < 1.29 is 54.8 Å². The van der Waals surface area contributed by atoms with Crippen LogP contribution in [0, 0.1) is 0 Å². The standard InChI is InChI=1S/C14H27NO11/c1-23-14-12(22)9(19)7(5(3-16)26-14)15(24-2)13-11(21)10(20)8(18)6(4-17)25-13/h5-14,16-22H,3-4H2,1-2H3/t5-,6-,7+,8-,9+,10+,11-,12-,13-,14+/m1/s1. The molecule has 0 saturated carbocycles. The van der Waals surface area contributed by atoms with Gasteiger partial charge in [-0.05, 0) is 0 Å². The Morgan fingerprint density at radius 3 is 1.88 bits per heavy atom. The van der Waals surface area contributed by atoms with Crippen LogP contribution in [0.2, 0.25) is 0 Å². The minimum Gasteiger partial charge on any atom is -0.394 e. The fraction of sp³-hybridized carbons (Fsp3) is 1.00. The molecule has 0 unspecified atom stereocenters. The molecule has 0 aromatic rings. The lowest BCUT2D eigenvalue weighted by Gasteiger charge is -2.50. The van der Waals surface area contributed by atoms with Gasteiger partial charge in [-0.25, -0.2) is 0 Å². The second-order valence-electron chi connectivity index (χ2n) is 6.19. The quantitative estimate of drug-likeness (QED) is 0.217. The summed E-state index contributed by atoms with van der Waals surface area (Å²) in [5, 5.41) is 70.5. The number of aliphatic hydroxyl groups excluding tert-OH is 7. The topological polar surface area (TPSA) is 182 Å². The van der Waals surface area contributed by atoms with E-state index in [0.717, 1.165) is 5.06 Å². The average molecular weight is 385 g/mol. The number of rotatable bonds is 6. The maximum Gasteiger partial charge on any atom is 0.186 e. The Morgan fingerprint density at radius 2 is 1.38 bits per heavy atom. The molecule has 0 amide bonds. The van der Waals surface area contributed by atoms with E-state index in [1.807, 2.05) is 0 Å². The Bertz CT molecular complexity index is 439. The van der Waals surface area contributed by atoms with E-state index in [1.165, 1.54) is 14.2 Å². The Balaban J connectivity index is 2.30. The lowest BCUT2D eigenvalue weighted by molar-refractivity contribution is -0.377. The summed E-state index contributed by atoms with van der Waals surface area (Å²) in [6.07, 6.45) is -12.9. The third-order valence-corrected chi connectivity index (χ3v) is 4.70. The largest absolute Gasteiger partial charge is 0.394 e. The zero-order valence-electron chi connectivity index (χ0n) is 14.4. The van der Waals surface area contributed by atoms with E-state index < -0.39 is 74.5 Å². The molecule has 12 heteroatoms. The number of hydrogen-bond acceptors (Lipinski definition) is 12. The molecule has 7 N–H and O–H groups in total. The van der Waals surface area contributed by atoms with Gasteiger partial charge in [-0.15, -0.1) is 5.06 Å². The molecule has 2 aliphatic heterocycles. The highest BCUT2D eigenvalue weighted by Gasteiger charge is 2.54. The van der Waals surface area contributed by atoms with Crippen LogP contribution in [-0.4, -0.2) is 130 Å². The predicted molar refractivity (Wildman–Crippen MR) is 81.2 cm³/mol. The van der Waals surface area contributed by atoms with Crippen molar-refractivity contribution >= 4 is 0 Å². The molecule has 26 heavy (non-hydrogen) atoms. The average Bonchev–Trinajstić information content (AvgIpc) is 2.65. The monoisotopic (exact) mass is 385 g/mol. The van der Waals surface area contributed by atoms with Crippen LogP contribution in [-0.2, 0) is 19.0 Å². The minimum absolute atomic E-state index is 0.592. The molecule has 2 fully saturated rings. The fourth-order valence-corrected chi connectivity index (χ4v) is 3.26. The van der Waals surface area contributed by atoms with Crippen molar-refractivity contribution in [2.45, 2.75) is 61.3 Å². The molecule has 0 aromatic carbocycles. The second kappa shape index (κ2) is 9.14. The molecule has 10 atom stereocenters. The summed E-state index contributed by atoms with van der Waals surface area (Å²) in [7, 11) is 2.43. The van der Waals surface area contributed by atoms with Crippen LogP contribution in [0.3, 0.4) is 0 Å². The van der Waals surface area contributed by atoms with Crippen molar-refractivity contribution in [1.29, 1.82) is 0 Å². The van der Waals surface area contributed by atoms with Gasteiger partial charge in [0.05, 0.1) is 26.4 Å². The maximum absolute atomic E-state index is 10.5. The lowest BCUT2D eigenvalue weighted by atomic mass is 9.93. The zero-order valence-corrected chi connectivity index (χ0v) is 14.4. The number of methoxy groups -OCH3 is 1. The van der Waals surface area contributed by atoms with Gasteiger partial charge in [0.15, 0.2) is 12.5 Å². The summed E-state index contributed by atoms with van der Waals surface area (Å²) in [4.78, 5) is 5.17. The van der Waals surface area contributed by atoms with Gasteiger partial charge in [-0.2, -0.15) is 0 Å². The molecule has 2 heterocycles. The number of ether oxygens (including phenoxy) is 3. The Kier molecular flexibility index (Phi) is 7.67. The Morgan fingerprint density at radius 1 is 0.769 bits per heavy atom. The maximum atomic E-state index is 10.5. The van der Waals surface area contributed by atoms with Crippen molar-refractivity contribution in [3.63, 3.8) is 0 Å². The molecular weight excluding hydrogens is 358 g/mol. The molecule has 2 rings (SSSR count). The van der Waals surface area contributed by atoms with Crippen molar-refractivity contribution in [2.24, 2.45) is 0 Å². The van der Waals surface area contributed by atoms with Crippen molar-refractivity contribution in [1.82, 2.24) is 5.06 Å². The number of hydrogen-bond donors (Lipinski definition) is 7. The van der Waals surface area contributed by atoms with Gasteiger partial charge in [0.1, 0.15) is 42.7 Å². The minimum atomic E-state index is -1.68. The summed E-state index contributed by atoms with van der Waals surface area (Å²) in [5.41, 5.74) is 0. The van der Waals surface area contributed by atoms with Crippen molar-refractivity contribution in [3.05, 3.63) is 0 Å². The van der Waals surface area contributed by atoms with Crippen LogP contribution in [0.1, 0.15) is 0 Å². The molecule has 0 aromatic heterocycles. The Labute approximate surface area is 149 Å². The van der Waals surface area contributed by atoms with Crippen LogP contribution >= 0.6 is 0 Å². The van der Waals surface area contributed by atoms with Gasteiger partial charge in [0, 0.05) is 7.11 Å². The fourth-order valence-electron chi connectivity index (χ4n) is 3.26. The predicted octanol–water partition coefficient (Wildman–Crippen LogP) is -4.90. The summed E-state index contributed by atoms with van der Waals surface area (Å²) in [6, 6.07) is -1.23. The summed E-state index contributed by atoms with van der Waals surface area (Å²) >= 11 is 0. The first kappa shape index (κ1) is 21.8. The number of nitrogens with zero attached hydrogens (tertiary/aromatic N) is 1. The molecule has 12 nitrogen and oxygen atoms in total. The van der Waals surface area contributed by atoms with Crippen LogP contribution < -0.4 is 0 Å². The SMILES string of the molecule is CO[C@H]1O[C@H](CO)[C@H](N(OC)[C@@H]2O[C@H](CO)[C@@H](O)[C@H](O)[C@H]2O)[C@H](O)[C@H]1O. The summed E-state index contributed by atoms with van der Waals surface area (Å²) in [6.45, 7) is -1.24. The molecule has 0 radical (unpaired) electrons. The van der Waals surface area contributed by atoms with Crippen molar-refractivity contribution in [3.8, 4) is 0 Å². The molecular formula is C14H27NO11. The molecule has 2 aliphatic rings. The number of hydroxylamine groups is 2. The first-order valence-electron chi connectivity index (χ1n) is 8.10. The first-order valence-corrected chi connectivity index (χ1v) is 8.10. The van der Waals surface area contributed by atoms with E-state index in [0.29, 0.717) is 0 Å². The van der Waals surface area contributed by atoms with E-state index in [-0.39, 0.29) is 0 Å². The molecule has 2 saturated heterocycles. The van der Waals surface area contributed by atoms with E-state index >= 15 is 0 Å². The highest BCUT2D eigenvalue weighted by molar-refractivity contribution is 4.98. The first-order chi connectivity index (χ1) is 12.3. The second-order valence-corrected chi connectivity index (χ2v) is 6.19. The van der Waals surface area contributed by atoms with E-state index in [9.17, 15) is 35.7 Å². The highest BCUT2D eigenvalue weighted by Crippen LogP contribution is 2.31. The van der Waals surface area contributed by atoms with Crippen LogP contribution in [0.5, 0.6) is 0 Å². The smallest absolute Gasteiger partial charge is 0.186 e. The third-order valence-electron chi connectivity index (χ3n) is 4.70. The zero-order chi connectivity index (χ0) is 19.6. The highest BCUT2D eigenvalue weighted by atomic mass is 16.7. The van der Waals surface area contributed by atoms with E-state index in [1.54, 1.807) is 0 Å². The number of aliphatic hydroxyl groups is 7. The van der Waals surface area contributed by atoms with Gasteiger partial charge < -0.3 is 50.0 Å². The Hall–Kier alpha value is -0.480. The normalized spacial score (nSPS) is 47.3.